The molecule has 1 fully saturated rings. The summed E-state index contributed by atoms with van der Waals surface area (Å²) in [6.07, 6.45) is 2.88. The van der Waals surface area contributed by atoms with Crippen LogP contribution in [0.2, 0.25) is 0 Å². The maximum Gasteiger partial charge on any atom is 0.407 e. The molecule has 0 aromatic heterocycles. The first-order chi connectivity index (χ1) is 9.17. The molecule has 0 bridgehead atoms. The summed E-state index contributed by atoms with van der Waals surface area (Å²) in [4.78, 5) is 11.7. The van der Waals surface area contributed by atoms with Gasteiger partial charge in [0.25, 0.3) is 0 Å². The quantitative estimate of drug-likeness (QED) is 0.722. The van der Waals surface area contributed by atoms with Gasteiger partial charge in [-0.3, -0.25) is 0 Å². The Balaban J connectivity index is 2.37. The highest BCUT2D eigenvalue weighted by atomic mass is 16.6. The molecule has 0 aliphatic heterocycles. The van der Waals surface area contributed by atoms with E-state index in [1.807, 2.05) is 20.8 Å². The van der Waals surface area contributed by atoms with Crippen LogP contribution in [0.25, 0.3) is 0 Å². The zero-order valence-electron chi connectivity index (χ0n) is 13.5. The van der Waals surface area contributed by atoms with Gasteiger partial charge in [0, 0.05) is 24.7 Å². The summed E-state index contributed by atoms with van der Waals surface area (Å²) >= 11 is 0. The predicted molar refractivity (Wildman–Crippen MR) is 81.6 cm³/mol. The third-order valence-corrected chi connectivity index (χ3v) is 3.59. The van der Waals surface area contributed by atoms with Gasteiger partial charge in [-0.1, -0.05) is 13.8 Å². The van der Waals surface area contributed by atoms with E-state index in [0.29, 0.717) is 24.5 Å². The fourth-order valence-electron chi connectivity index (χ4n) is 2.47. The van der Waals surface area contributed by atoms with Crippen LogP contribution in [0.3, 0.4) is 0 Å². The van der Waals surface area contributed by atoms with Crippen LogP contribution in [-0.4, -0.2) is 36.4 Å². The summed E-state index contributed by atoms with van der Waals surface area (Å²) in [5.74, 6) is 0.446. The number of hydrogen-bond acceptors (Lipinski definition) is 4. The molecule has 3 unspecified atom stereocenters. The number of rotatable bonds is 5. The molecule has 4 N–H and O–H groups in total. The Labute approximate surface area is 123 Å². The van der Waals surface area contributed by atoms with Gasteiger partial charge in [0.05, 0.1) is 0 Å². The average Bonchev–Trinajstić information content (AvgIpc) is 2.67. The molecule has 118 valence electrons. The molecule has 1 rings (SSSR count). The summed E-state index contributed by atoms with van der Waals surface area (Å²) in [5, 5.41) is 6.46. The summed E-state index contributed by atoms with van der Waals surface area (Å²) < 4.78 is 5.26. The molecule has 5 heteroatoms. The highest BCUT2D eigenvalue weighted by molar-refractivity contribution is 5.67. The van der Waals surface area contributed by atoms with Crippen molar-refractivity contribution in [3.63, 3.8) is 0 Å². The van der Waals surface area contributed by atoms with Gasteiger partial charge in [-0.15, -0.1) is 0 Å². The second-order valence-electron chi connectivity index (χ2n) is 7.17. The lowest BCUT2D eigenvalue weighted by molar-refractivity contribution is 0.0518. The molecule has 0 aromatic rings. The maximum absolute atomic E-state index is 11.7. The molecule has 3 atom stereocenters. The Bertz CT molecular complexity index is 313. The number of carbonyl (C=O) groups is 1. The standard InChI is InChI=1S/C15H31N3O2/c1-10(2)13(18-12-7-6-11(16)8-12)9-17-14(19)20-15(3,4)5/h10-13,18H,6-9,16H2,1-5H3,(H,17,19). The van der Waals surface area contributed by atoms with Crippen molar-refractivity contribution in [3.8, 4) is 0 Å². The first-order valence-electron chi connectivity index (χ1n) is 7.66. The van der Waals surface area contributed by atoms with E-state index >= 15 is 0 Å². The van der Waals surface area contributed by atoms with Crippen LogP contribution < -0.4 is 16.4 Å². The molecule has 1 aliphatic carbocycles. The Kier molecular flexibility index (Phi) is 6.27. The van der Waals surface area contributed by atoms with Gasteiger partial charge in [-0.25, -0.2) is 4.79 Å². The van der Waals surface area contributed by atoms with E-state index in [1.165, 1.54) is 0 Å². The number of nitrogens with two attached hydrogens (primary N) is 1. The van der Waals surface area contributed by atoms with E-state index < -0.39 is 5.60 Å². The third kappa shape index (κ3) is 6.57. The monoisotopic (exact) mass is 285 g/mol. The first kappa shape index (κ1) is 17.2. The van der Waals surface area contributed by atoms with E-state index in [0.717, 1.165) is 19.3 Å². The second kappa shape index (κ2) is 7.27. The highest BCUT2D eigenvalue weighted by Crippen LogP contribution is 2.18. The molecule has 1 aliphatic rings. The van der Waals surface area contributed by atoms with Crippen molar-refractivity contribution >= 4 is 6.09 Å². The van der Waals surface area contributed by atoms with Crippen LogP contribution in [-0.2, 0) is 4.74 Å². The lowest BCUT2D eigenvalue weighted by Crippen LogP contribution is -2.48. The van der Waals surface area contributed by atoms with Crippen molar-refractivity contribution < 1.29 is 9.53 Å². The number of nitrogens with one attached hydrogen (secondary N) is 2. The van der Waals surface area contributed by atoms with Crippen molar-refractivity contribution in [2.24, 2.45) is 11.7 Å². The van der Waals surface area contributed by atoms with Gasteiger partial charge in [-0.2, -0.15) is 0 Å². The van der Waals surface area contributed by atoms with Crippen molar-refractivity contribution in [2.75, 3.05) is 6.54 Å². The van der Waals surface area contributed by atoms with E-state index in [4.69, 9.17) is 10.5 Å². The van der Waals surface area contributed by atoms with Crippen LogP contribution in [0.5, 0.6) is 0 Å². The molecule has 0 heterocycles. The summed E-state index contributed by atoms with van der Waals surface area (Å²) in [6.45, 7) is 10.5. The number of hydrogen-bond donors (Lipinski definition) is 3. The van der Waals surface area contributed by atoms with E-state index in [9.17, 15) is 4.79 Å². The van der Waals surface area contributed by atoms with Crippen molar-refractivity contribution in [3.05, 3.63) is 0 Å². The summed E-state index contributed by atoms with van der Waals surface area (Å²) in [7, 11) is 0. The van der Waals surface area contributed by atoms with Crippen LogP contribution >= 0.6 is 0 Å². The Morgan fingerprint density at radius 1 is 1.35 bits per heavy atom. The Hall–Kier alpha value is -0.810. The van der Waals surface area contributed by atoms with Gasteiger partial charge in [-0.05, 0) is 46.0 Å². The smallest absolute Gasteiger partial charge is 0.407 e. The fraction of sp³-hybridized carbons (Fsp3) is 0.933. The number of ether oxygens (including phenoxy) is 1. The molecule has 5 nitrogen and oxygen atoms in total. The van der Waals surface area contributed by atoms with E-state index in [2.05, 4.69) is 24.5 Å². The molecule has 1 amide bonds. The van der Waals surface area contributed by atoms with Gasteiger partial charge in [0.2, 0.25) is 0 Å². The SMILES string of the molecule is CC(C)C(CNC(=O)OC(C)(C)C)NC1CCC(N)C1. The molecule has 0 aromatic carbocycles. The largest absolute Gasteiger partial charge is 0.444 e. The second-order valence-corrected chi connectivity index (χ2v) is 7.17. The van der Waals surface area contributed by atoms with Crippen molar-refractivity contribution in [1.82, 2.24) is 10.6 Å². The maximum atomic E-state index is 11.7. The number of amides is 1. The molecule has 1 saturated carbocycles. The normalized spacial score (nSPS) is 24.8. The molecule has 0 radical (unpaired) electrons. The first-order valence-corrected chi connectivity index (χ1v) is 7.66. The molecular formula is C15H31N3O2. The summed E-state index contributed by atoms with van der Waals surface area (Å²) in [5.41, 5.74) is 5.48. The predicted octanol–water partition coefficient (Wildman–Crippen LogP) is 2.01. The number of carbonyl (C=O) groups excluding carboxylic acids is 1. The zero-order valence-corrected chi connectivity index (χ0v) is 13.5. The molecule has 0 spiro atoms. The summed E-state index contributed by atoms with van der Waals surface area (Å²) in [6, 6.07) is 1.04. The number of alkyl carbamates (subject to hydrolysis) is 1. The van der Waals surface area contributed by atoms with Crippen LogP contribution in [0.1, 0.15) is 53.9 Å². The van der Waals surface area contributed by atoms with Gasteiger partial charge < -0.3 is 21.1 Å². The van der Waals surface area contributed by atoms with Crippen LogP contribution in [0, 0.1) is 5.92 Å². The lowest BCUT2D eigenvalue weighted by atomic mass is 10.0. The molecular weight excluding hydrogens is 254 g/mol. The average molecular weight is 285 g/mol. The van der Waals surface area contributed by atoms with Gasteiger partial charge in [0.1, 0.15) is 5.60 Å². The van der Waals surface area contributed by atoms with Crippen LogP contribution in [0.4, 0.5) is 4.79 Å². The fourth-order valence-corrected chi connectivity index (χ4v) is 2.47. The lowest BCUT2D eigenvalue weighted by Gasteiger charge is -2.27. The minimum atomic E-state index is -0.455. The van der Waals surface area contributed by atoms with Gasteiger partial charge >= 0.3 is 6.09 Å². The topological polar surface area (TPSA) is 76.4 Å². The Morgan fingerprint density at radius 3 is 2.45 bits per heavy atom. The zero-order chi connectivity index (χ0) is 15.3. The highest BCUT2D eigenvalue weighted by Gasteiger charge is 2.26. The minimum absolute atomic E-state index is 0.248. The molecule has 0 saturated heterocycles. The van der Waals surface area contributed by atoms with Gasteiger partial charge in [0.15, 0.2) is 0 Å². The van der Waals surface area contributed by atoms with Crippen LogP contribution in [0.15, 0.2) is 0 Å². The van der Waals surface area contributed by atoms with E-state index in [-0.39, 0.29) is 12.1 Å². The van der Waals surface area contributed by atoms with Crippen molar-refractivity contribution in [1.29, 1.82) is 0 Å². The van der Waals surface area contributed by atoms with E-state index in [1.54, 1.807) is 0 Å². The third-order valence-electron chi connectivity index (χ3n) is 3.59. The minimum Gasteiger partial charge on any atom is -0.444 e. The molecule has 20 heavy (non-hydrogen) atoms. The Morgan fingerprint density at radius 2 is 2.00 bits per heavy atom. The van der Waals surface area contributed by atoms with Crippen molar-refractivity contribution in [2.45, 2.75) is 77.6 Å².